The molecule has 0 radical (unpaired) electrons. The van der Waals surface area contributed by atoms with Gasteiger partial charge in [0.25, 0.3) is 0 Å². The third-order valence-corrected chi connectivity index (χ3v) is 2.65. The lowest BCUT2D eigenvalue weighted by Crippen LogP contribution is -2.42. The molecule has 0 saturated carbocycles. The normalized spacial score (nSPS) is 11.7. The maximum atomic E-state index is 11.4. The van der Waals surface area contributed by atoms with E-state index in [4.69, 9.17) is 15.9 Å². The van der Waals surface area contributed by atoms with Gasteiger partial charge in [0.05, 0.1) is 18.0 Å². The Labute approximate surface area is 115 Å². The zero-order valence-corrected chi connectivity index (χ0v) is 10.7. The first-order valence-corrected chi connectivity index (χ1v) is 5.97. The number of carboxylic acids is 2. The minimum atomic E-state index is -1.13. The molecule has 0 aliphatic rings. The fourth-order valence-electron chi connectivity index (χ4n) is 1.56. The minimum absolute atomic E-state index is 0.196. The van der Waals surface area contributed by atoms with E-state index in [0.717, 1.165) is 5.56 Å². The summed E-state index contributed by atoms with van der Waals surface area (Å²) >= 11 is 0. The Kier molecular flexibility index (Phi) is 5.67. The van der Waals surface area contributed by atoms with Crippen molar-refractivity contribution in [2.45, 2.75) is 18.9 Å². The Morgan fingerprint density at radius 2 is 1.75 bits per heavy atom. The van der Waals surface area contributed by atoms with Gasteiger partial charge in [-0.1, -0.05) is 12.1 Å². The van der Waals surface area contributed by atoms with Crippen LogP contribution in [-0.2, 0) is 16.0 Å². The number of benzene rings is 1. The molecule has 1 amide bonds. The second-order valence-corrected chi connectivity index (χ2v) is 4.25. The summed E-state index contributed by atoms with van der Waals surface area (Å²) in [6.45, 7) is 0.304. The molecule has 5 N–H and O–H groups in total. The van der Waals surface area contributed by atoms with Crippen molar-refractivity contribution in [3.8, 4) is 0 Å². The zero-order chi connectivity index (χ0) is 15.1. The zero-order valence-electron chi connectivity index (χ0n) is 10.7. The average Bonchev–Trinajstić information content (AvgIpc) is 2.38. The molecule has 1 aromatic rings. The van der Waals surface area contributed by atoms with Crippen LogP contribution in [0.2, 0.25) is 0 Å². The molecule has 0 aromatic heterocycles. The van der Waals surface area contributed by atoms with E-state index in [1.165, 1.54) is 12.1 Å². The summed E-state index contributed by atoms with van der Waals surface area (Å²) < 4.78 is 0. The number of nitrogens with one attached hydrogen (secondary N) is 1. The van der Waals surface area contributed by atoms with E-state index < -0.39 is 30.3 Å². The highest BCUT2D eigenvalue weighted by Gasteiger charge is 2.16. The first kappa shape index (κ1) is 15.6. The van der Waals surface area contributed by atoms with Crippen molar-refractivity contribution in [3.05, 3.63) is 35.4 Å². The van der Waals surface area contributed by atoms with Crippen molar-refractivity contribution in [2.75, 3.05) is 6.54 Å². The summed E-state index contributed by atoms with van der Waals surface area (Å²) in [6.07, 6.45) is 0.0879. The van der Waals surface area contributed by atoms with Crippen LogP contribution >= 0.6 is 0 Å². The van der Waals surface area contributed by atoms with Gasteiger partial charge in [-0.3, -0.25) is 9.59 Å². The lowest BCUT2D eigenvalue weighted by Gasteiger charge is -2.10. The third kappa shape index (κ3) is 5.07. The molecule has 0 bridgehead atoms. The molecule has 7 nitrogen and oxygen atoms in total. The topological polar surface area (TPSA) is 130 Å². The highest BCUT2D eigenvalue weighted by molar-refractivity contribution is 5.87. The Bertz CT molecular complexity index is 498. The van der Waals surface area contributed by atoms with E-state index in [2.05, 4.69) is 5.32 Å². The molecule has 20 heavy (non-hydrogen) atoms. The van der Waals surface area contributed by atoms with Crippen LogP contribution in [0.4, 0.5) is 0 Å². The molecule has 108 valence electrons. The van der Waals surface area contributed by atoms with E-state index >= 15 is 0 Å². The standard InChI is InChI=1S/C13H16N2O5/c14-10(7-11(16)17)12(18)15-6-5-8-1-3-9(4-2-8)13(19)20/h1-4,10H,5-7,14H2,(H,15,18)(H,16,17)(H,19,20). The largest absolute Gasteiger partial charge is 0.481 e. The van der Waals surface area contributed by atoms with Crippen molar-refractivity contribution in [1.29, 1.82) is 0 Å². The molecule has 0 fully saturated rings. The molecule has 1 rings (SSSR count). The third-order valence-electron chi connectivity index (χ3n) is 2.65. The second-order valence-electron chi connectivity index (χ2n) is 4.25. The van der Waals surface area contributed by atoms with Gasteiger partial charge in [0.15, 0.2) is 0 Å². The maximum Gasteiger partial charge on any atom is 0.335 e. The smallest absolute Gasteiger partial charge is 0.335 e. The lowest BCUT2D eigenvalue weighted by atomic mass is 10.1. The first-order chi connectivity index (χ1) is 9.40. The Hall–Kier alpha value is -2.41. The molecule has 1 aromatic carbocycles. The number of nitrogens with two attached hydrogens (primary N) is 1. The Morgan fingerprint density at radius 3 is 2.25 bits per heavy atom. The second kappa shape index (κ2) is 7.25. The summed E-state index contributed by atoms with van der Waals surface area (Å²) in [4.78, 5) is 32.5. The van der Waals surface area contributed by atoms with Crippen molar-refractivity contribution in [2.24, 2.45) is 5.73 Å². The van der Waals surface area contributed by atoms with Gasteiger partial charge in [0.2, 0.25) is 5.91 Å². The molecule has 0 heterocycles. The minimum Gasteiger partial charge on any atom is -0.481 e. The number of aliphatic carboxylic acids is 1. The molecule has 0 aliphatic heterocycles. The molecule has 0 spiro atoms. The predicted octanol–water partition coefficient (Wildman–Crippen LogP) is -0.154. The van der Waals surface area contributed by atoms with Crippen LogP contribution in [0, 0.1) is 0 Å². The molecular formula is C13H16N2O5. The van der Waals surface area contributed by atoms with Gasteiger partial charge in [0, 0.05) is 6.54 Å². The van der Waals surface area contributed by atoms with Crippen LogP contribution in [0.5, 0.6) is 0 Å². The van der Waals surface area contributed by atoms with Gasteiger partial charge in [-0.15, -0.1) is 0 Å². The van der Waals surface area contributed by atoms with Crippen molar-refractivity contribution in [3.63, 3.8) is 0 Å². The summed E-state index contributed by atoms with van der Waals surface area (Å²) in [5.41, 5.74) is 6.45. The molecule has 0 aliphatic carbocycles. The van der Waals surface area contributed by atoms with E-state index in [9.17, 15) is 14.4 Å². The van der Waals surface area contributed by atoms with Crippen molar-refractivity contribution < 1.29 is 24.6 Å². The van der Waals surface area contributed by atoms with Gasteiger partial charge in [0.1, 0.15) is 0 Å². The van der Waals surface area contributed by atoms with Gasteiger partial charge in [-0.25, -0.2) is 4.79 Å². The quantitative estimate of drug-likeness (QED) is 0.549. The van der Waals surface area contributed by atoms with Crippen LogP contribution in [0.1, 0.15) is 22.3 Å². The fraction of sp³-hybridized carbons (Fsp3) is 0.308. The average molecular weight is 280 g/mol. The number of rotatable bonds is 7. The molecule has 7 heteroatoms. The number of hydrogen-bond donors (Lipinski definition) is 4. The van der Waals surface area contributed by atoms with E-state index in [-0.39, 0.29) is 5.56 Å². The first-order valence-electron chi connectivity index (χ1n) is 5.97. The number of aromatic carboxylic acids is 1. The summed E-state index contributed by atoms with van der Waals surface area (Å²) in [7, 11) is 0. The van der Waals surface area contributed by atoms with Crippen molar-refractivity contribution >= 4 is 17.8 Å². The highest BCUT2D eigenvalue weighted by Crippen LogP contribution is 2.04. The highest BCUT2D eigenvalue weighted by atomic mass is 16.4. The van der Waals surface area contributed by atoms with Crippen molar-refractivity contribution in [1.82, 2.24) is 5.32 Å². The van der Waals surface area contributed by atoms with Crippen LogP contribution in [-0.4, -0.2) is 40.6 Å². The SMILES string of the molecule is NC(CC(=O)O)C(=O)NCCc1ccc(C(=O)O)cc1. The summed E-state index contributed by atoms with van der Waals surface area (Å²) in [6, 6.07) is 5.21. The molecule has 0 saturated heterocycles. The molecule has 1 atom stereocenters. The van der Waals surface area contributed by atoms with E-state index in [1.807, 2.05) is 0 Å². The summed E-state index contributed by atoms with van der Waals surface area (Å²) in [5, 5.41) is 19.8. The number of carboxylic acid groups (broad SMARTS) is 2. The number of hydrogen-bond acceptors (Lipinski definition) is 4. The van der Waals surface area contributed by atoms with Crippen LogP contribution in [0.25, 0.3) is 0 Å². The maximum absolute atomic E-state index is 11.4. The fourth-order valence-corrected chi connectivity index (χ4v) is 1.56. The van der Waals surface area contributed by atoms with Crippen LogP contribution < -0.4 is 11.1 Å². The monoisotopic (exact) mass is 280 g/mol. The Morgan fingerprint density at radius 1 is 1.15 bits per heavy atom. The number of carbonyl (C=O) groups excluding carboxylic acids is 1. The van der Waals surface area contributed by atoms with Gasteiger partial charge in [-0.2, -0.15) is 0 Å². The van der Waals surface area contributed by atoms with Crippen LogP contribution in [0.3, 0.4) is 0 Å². The van der Waals surface area contributed by atoms with Gasteiger partial charge in [-0.05, 0) is 24.1 Å². The Balaban J connectivity index is 2.38. The van der Waals surface area contributed by atoms with E-state index in [0.29, 0.717) is 13.0 Å². The van der Waals surface area contributed by atoms with Gasteiger partial charge >= 0.3 is 11.9 Å². The van der Waals surface area contributed by atoms with Gasteiger partial charge < -0.3 is 21.3 Å². The molecule has 1 unspecified atom stereocenters. The summed E-state index contributed by atoms with van der Waals surface area (Å²) in [5.74, 6) is -2.64. The van der Waals surface area contributed by atoms with Crippen LogP contribution in [0.15, 0.2) is 24.3 Å². The van der Waals surface area contributed by atoms with E-state index in [1.54, 1.807) is 12.1 Å². The molecular weight excluding hydrogens is 264 g/mol. The number of amides is 1. The number of carbonyl (C=O) groups is 3. The lowest BCUT2D eigenvalue weighted by molar-refractivity contribution is -0.139. The predicted molar refractivity (Wildman–Crippen MR) is 70.3 cm³/mol.